The molecule has 1 amide bonds. The third-order valence-corrected chi connectivity index (χ3v) is 4.94. The van der Waals surface area contributed by atoms with E-state index in [-0.39, 0.29) is 18.4 Å². The van der Waals surface area contributed by atoms with Crippen LogP contribution in [-0.4, -0.2) is 47.7 Å². The van der Waals surface area contributed by atoms with Gasteiger partial charge in [0, 0.05) is 37.7 Å². The van der Waals surface area contributed by atoms with Crippen LogP contribution in [0.4, 0.5) is 0 Å². The van der Waals surface area contributed by atoms with Gasteiger partial charge in [-0.25, -0.2) is 0 Å². The van der Waals surface area contributed by atoms with Gasteiger partial charge in [0.15, 0.2) is 0 Å². The average Bonchev–Trinajstić information content (AvgIpc) is 2.96. The number of aliphatic hydroxyl groups excluding tert-OH is 1. The van der Waals surface area contributed by atoms with E-state index in [1.165, 1.54) is 25.7 Å². The van der Waals surface area contributed by atoms with Crippen molar-refractivity contribution in [3.63, 3.8) is 0 Å². The number of nitrogens with zero attached hydrogens (tertiary/aromatic N) is 1. The first-order valence-electron chi connectivity index (χ1n) is 8.75. The van der Waals surface area contributed by atoms with Gasteiger partial charge >= 0.3 is 0 Å². The third-order valence-electron chi connectivity index (χ3n) is 4.94. The van der Waals surface area contributed by atoms with Crippen LogP contribution < -0.4 is 5.32 Å². The van der Waals surface area contributed by atoms with Crippen LogP contribution in [0.15, 0.2) is 0 Å². The largest absolute Gasteiger partial charge is 0.396 e. The molecular formula is C17H32N2O2. The summed E-state index contributed by atoms with van der Waals surface area (Å²) in [6.07, 6.45) is 8.29. The number of nitrogens with one attached hydrogen (secondary N) is 1. The molecule has 1 heterocycles. The highest BCUT2D eigenvalue weighted by Gasteiger charge is 2.32. The topological polar surface area (TPSA) is 52.6 Å². The van der Waals surface area contributed by atoms with E-state index in [9.17, 15) is 4.79 Å². The summed E-state index contributed by atoms with van der Waals surface area (Å²) >= 11 is 0. The summed E-state index contributed by atoms with van der Waals surface area (Å²) in [5.74, 6) is 0.892. The molecule has 0 bridgehead atoms. The fourth-order valence-corrected chi connectivity index (χ4v) is 3.88. The van der Waals surface area contributed by atoms with Crippen molar-refractivity contribution in [2.24, 2.45) is 11.8 Å². The average molecular weight is 296 g/mol. The maximum Gasteiger partial charge on any atom is 0.225 e. The van der Waals surface area contributed by atoms with Crippen LogP contribution in [0.3, 0.4) is 0 Å². The minimum Gasteiger partial charge on any atom is -0.396 e. The highest BCUT2D eigenvalue weighted by atomic mass is 16.2. The van der Waals surface area contributed by atoms with Crippen LogP contribution in [0.5, 0.6) is 0 Å². The molecular weight excluding hydrogens is 264 g/mol. The van der Waals surface area contributed by atoms with Crippen LogP contribution in [0.1, 0.15) is 58.8 Å². The molecule has 0 radical (unpaired) electrons. The maximum absolute atomic E-state index is 12.3. The molecule has 0 aromatic heterocycles. The van der Waals surface area contributed by atoms with Crippen molar-refractivity contribution in [3.8, 4) is 0 Å². The van der Waals surface area contributed by atoms with E-state index in [0.29, 0.717) is 18.0 Å². The van der Waals surface area contributed by atoms with Crippen molar-refractivity contribution >= 4 is 5.91 Å². The molecule has 2 atom stereocenters. The van der Waals surface area contributed by atoms with Crippen LogP contribution in [-0.2, 0) is 4.79 Å². The molecule has 21 heavy (non-hydrogen) atoms. The lowest BCUT2D eigenvalue weighted by atomic mass is 9.89. The van der Waals surface area contributed by atoms with E-state index in [2.05, 4.69) is 10.2 Å². The SMILES string of the molecule is CC(C)C(=O)N1CC(CCCO)CC(NC2CCCC2)C1. The molecule has 0 aromatic rings. The molecule has 1 aliphatic heterocycles. The van der Waals surface area contributed by atoms with Gasteiger partial charge in [0.1, 0.15) is 0 Å². The number of rotatable bonds is 6. The summed E-state index contributed by atoms with van der Waals surface area (Å²) in [5, 5.41) is 12.9. The number of amides is 1. The van der Waals surface area contributed by atoms with Crippen molar-refractivity contribution in [2.75, 3.05) is 19.7 Å². The Morgan fingerprint density at radius 3 is 2.57 bits per heavy atom. The third kappa shape index (κ3) is 4.96. The van der Waals surface area contributed by atoms with E-state index in [0.717, 1.165) is 32.4 Å². The maximum atomic E-state index is 12.3. The van der Waals surface area contributed by atoms with Crippen molar-refractivity contribution in [1.82, 2.24) is 10.2 Å². The first-order valence-corrected chi connectivity index (χ1v) is 8.75. The lowest BCUT2D eigenvalue weighted by molar-refractivity contribution is -0.137. The fourth-order valence-electron chi connectivity index (χ4n) is 3.88. The van der Waals surface area contributed by atoms with Gasteiger partial charge < -0.3 is 15.3 Å². The van der Waals surface area contributed by atoms with Gasteiger partial charge in [-0.3, -0.25) is 4.79 Å². The second-order valence-electron chi connectivity index (χ2n) is 7.21. The predicted molar refractivity (Wildman–Crippen MR) is 85.0 cm³/mol. The summed E-state index contributed by atoms with van der Waals surface area (Å²) in [6, 6.07) is 1.09. The van der Waals surface area contributed by atoms with Crippen molar-refractivity contribution in [1.29, 1.82) is 0 Å². The van der Waals surface area contributed by atoms with Crippen LogP contribution in [0.2, 0.25) is 0 Å². The van der Waals surface area contributed by atoms with Crippen LogP contribution >= 0.6 is 0 Å². The molecule has 4 heteroatoms. The summed E-state index contributed by atoms with van der Waals surface area (Å²) < 4.78 is 0. The van der Waals surface area contributed by atoms with E-state index in [1.54, 1.807) is 0 Å². The lowest BCUT2D eigenvalue weighted by Gasteiger charge is -2.40. The van der Waals surface area contributed by atoms with Gasteiger partial charge in [0.2, 0.25) is 5.91 Å². The molecule has 2 N–H and O–H groups in total. The molecule has 0 aromatic carbocycles. The Bertz CT molecular complexity index is 327. The second kappa shape index (κ2) is 8.14. The smallest absolute Gasteiger partial charge is 0.225 e. The Morgan fingerprint density at radius 1 is 1.24 bits per heavy atom. The van der Waals surface area contributed by atoms with Crippen LogP contribution in [0, 0.1) is 11.8 Å². The number of carbonyl (C=O) groups excluding carboxylic acids is 1. The van der Waals surface area contributed by atoms with Crippen molar-refractivity contribution in [2.45, 2.75) is 70.9 Å². The van der Waals surface area contributed by atoms with Gasteiger partial charge in [-0.1, -0.05) is 26.7 Å². The standard InChI is InChI=1S/C17H32N2O2/c1-13(2)17(21)19-11-14(6-5-9-20)10-16(12-19)18-15-7-3-4-8-15/h13-16,18,20H,3-12H2,1-2H3. The minimum atomic E-state index is 0.0775. The Balaban J connectivity index is 1.93. The molecule has 2 rings (SSSR count). The Hall–Kier alpha value is -0.610. The molecule has 0 spiro atoms. The Labute approximate surface area is 129 Å². The summed E-state index contributed by atoms with van der Waals surface area (Å²) in [4.78, 5) is 14.4. The zero-order chi connectivity index (χ0) is 15.2. The predicted octanol–water partition coefficient (Wildman–Crippen LogP) is 2.16. The molecule has 1 saturated heterocycles. The first kappa shape index (κ1) is 16.8. The monoisotopic (exact) mass is 296 g/mol. The molecule has 4 nitrogen and oxygen atoms in total. The highest BCUT2D eigenvalue weighted by Crippen LogP contribution is 2.25. The fraction of sp³-hybridized carbons (Fsp3) is 0.941. The molecule has 1 saturated carbocycles. The summed E-state index contributed by atoms with van der Waals surface area (Å²) in [5.41, 5.74) is 0. The molecule has 2 unspecified atom stereocenters. The summed E-state index contributed by atoms with van der Waals surface area (Å²) in [7, 11) is 0. The normalized spacial score (nSPS) is 27.5. The number of aliphatic hydroxyl groups is 1. The first-order chi connectivity index (χ1) is 10.1. The van der Waals surface area contributed by atoms with Crippen LogP contribution in [0.25, 0.3) is 0 Å². The Kier molecular flexibility index (Phi) is 6.49. The highest BCUT2D eigenvalue weighted by molar-refractivity contribution is 5.78. The zero-order valence-corrected chi connectivity index (χ0v) is 13.7. The number of hydrogen-bond donors (Lipinski definition) is 2. The number of piperidine rings is 1. The summed E-state index contributed by atoms with van der Waals surface area (Å²) in [6.45, 7) is 5.97. The van der Waals surface area contributed by atoms with Crippen molar-refractivity contribution < 1.29 is 9.90 Å². The second-order valence-corrected chi connectivity index (χ2v) is 7.21. The molecule has 2 aliphatic rings. The van der Waals surface area contributed by atoms with E-state index in [4.69, 9.17) is 5.11 Å². The van der Waals surface area contributed by atoms with E-state index in [1.807, 2.05) is 13.8 Å². The lowest BCUT2D eigenvalue weighted by Crippen LogP contribution is -2.54. The molecule has 2 fully saturated rings. The minimum absolute atomic E-state index is 0.0775. The van der Waals surface area contributed by atoms with Gasteiger partial charge in [-0.2, -0.15) is 0 Å². The number of likely N-dealkylation sites (tertiary alicyclic amines) is 1. The van der Waals surface area contributed by atoms with E-state index >= 15 is 0 Å². The van der Waals surface area contributed by atoms with Gasteiger partial charge in [0.05, 0.1) is 0 Å². The van der Waals surface area contributed by atoms with E-state index < -0.39 is 0 Å². The number of hydrogen-bond acceptors (Lipinski definition) is 3. The Morgan fingerprint density at radius 2 is 1.95 bits per heavy atom. The zero-order valence-electron chi connectivity index (χ0n) is 13.7. The molecule has 1 aliphatic carbocycles. The number of carbonyl (C=O) groups is 1. The van der Waals surface area contributed by atoms with Gasteiger partial charge in [-0.15, -0.1) is 0 Å². The molecule has 122 valence electrons. The van der Waals surface area contributed by atoms with Gasteiger partial charge in [0.25, 0.3) is 0 Å². The van der Waals surface area contributed by atoms with Crippen molar-refractivity contribution in [3.05, 3.63) is 0 Å². The van der Waals surface area contributed by atoms with Gasteiger partial charge in [-0.05, 0) is 38.0 Å². The quantitative estimate of drug-likeness (QED) is 0.790.